The molecule has 0 saturated heterocycles. The molecule has 0 amide bonds. The molecule has 0 atom stereocenters. The zero-order chi connectivity index (χ0) is 16.1. The second-order valence-corrected chi connectivity index (χ2v) is 12.0. The van der Waals surface area contributed by atoms with Crippen molar-refractivity contribution in [3.05, 3.63) is 41.9 Å². The molecule has 1 rings (SSSR count). The standard InChI is InChI=1S/C17H30N2OSi/c1-17(2,3)21(6,7)20-14-15-10-8-12-18-16(15)11-9-13-19(4)5/h8-10,12-13H,11,14H2,1-7H3. The molecule has 1 aromatic heterocycles. The molecule has 0 aromatic carbocycles. The van der Waals surface area contributed by atoms with Crippen molar-refractivity contribution in [3.63, 3.8) is 0 Å². The molecule has 118 valence electrons. The van der Waals surface area contributed by atoms with Crippen LogP contribution in [-0.4, -0.2) is 32.3 Å². The predicted molar refractivity (Wildman–Crippen MR) is 92.8 cm³/mol. The summed E-state index contributed by atoms with van der Waals surface area (Å²) in [4.78, 5) is 6.54. The smallest absolute Gasteiger partial charge is 0.192 e. The highest BCUT2D eigenvalue weighted by molar-refractivity contribution is 6.74. The van der Waals surface area contributed by atoms with Crippen LogP contribution in [0.4, 0.5) is 0 Å². The molecular weight excluding hydrogens is 276 g/mol. The lowest BCUT2D eigenvalue weighted by Crippen LogP contribution is -2.40. The number of hydrogen-bond acceptors (Lipinski definition) is 3. The highest BCUT2D eigenvalue weighted by Gasteiger charge is 2.37. The number of nitrogens with zero attached hydrogens (tertiary/aromatic N) is 2. The first-order chi connectivity index (χ1) is 9.63. The third kappa shape index (κ3) is 5.63. The number of aromatic nitrogens is 1. The van der Waals surface area contributed by atoms with Gasteiger partial charge in [-0.2, -0.15) is 0 Å². The molecule has 0 unspecified atom stereocenters. The van der Waals surface area contributed by atoms with Gasteiger partial charge in [0.05, 0.1) is 6.61 Å². The summed E-state index contributed by atoms with van der Waals surface area (Å²) in [6.45, 7) is 12.0. The normalized spacial score (nSPS) is 12.9. The van der Waals surface area contributed by atoms with Crippen LogP contribution in [0.5, 0.6) is 0 Å². The van der Waals surface area contributed by atoms with Gasteiger partial charge in [-0.25, -0.2) is 0 Å². The van der Waals surface area contributed by atoms with Crippen molar-refractivity contribution < 1.29 is 4.43 Å². The molecule has 4 heteroatoms. The molecule has 1 heterocycles. The van der Waals surface area contributed by atoms with Gasteiger partial charge in [0, 0.05) is 32.4 Å². The van der Waals surface area contributed by atoms with E-state index < -0.39 is 8.32 Å². The van der Waals surface area contributed by atoms with Gasteiger partial charge < -0.3 is 9.33 Å². The van der Waals surface area contributed by atoms with Crippen molar-refractivity contribution in [2.75, 3.05) is 14.1 Å². The van der Waals surface area contributed by atoms with Gasteiger partial charge in [-0.05, 0) is 36.0 Å². The molecule has 3 nitrogen and oxygen atoms in total. The van der Waals surface area contributed by atoms with Crippen molar-refractivity contribution in [2.24, 2.45) is 0 Å². The Morgan fingerprint density at radius 2 is 1.95 bits per heavy atom. The highest BCUT2D eigenvalue weighted by atomic mass is 28.4. The molecule has 0 saturated carbocycles. The van der Waals surface area contributed by atoms with Crippen LogP contribution in [0.1, 0.15) is 32.0 Å². The Bertz CT molecular complexity index is 476. The molecule has 0 bridgehead atoms. The lowest BCUT2D eigenvalue weighted by molar-refractivity contribution is 0.275. The summed E-state index contributed by atoms with van der Waals surface area (Å²) in [6.07, 6.45) is 6.90. The van der Waals surface area contributed by atoms with Crippen molar-refractivity contribution in [2.45, 2.75) is 51.9 Å². The number of allylic oxidation sites excluding steroid dienone is 1. The van der Waals surface area contributed by atoms with E-state index in [1.807, 2.05) is 31.3 Å². The van der Waals surface area contributed by atoms with Crippen LogP contribution in [0, 0.1) is 0 Å². The van der Waals surface area contributed by atoms with Crippen LogP contribution in [0.2, 0.25) is 18.1 Å². The second kappa shape index (κ2) is 7.23. The SMILES string of the molecule is CN(C)C=CCc1ncccc1CO[Si](C)(C)C(C)(C)C. The maximum atomic E-state index is 6.31. The first-order valence-corrected chi connectivity index (χ1v) is 10.4. The van der Waals surface area contributed by atoms with Crippen molar-refractivity contribution in [1.29, 1.82) is 0 Å². The highest BCUT2D eigenvalue weighted by Crippen LogP contribution is 2.37. The van der Waals surface area contributed by atoms with Crippen LogP contribution in [0.3, 0.4) is 0 Å². The van der Waals surface area contributed by atoms with Crippen LogP contribution < -0.4 is 0 Å². The summed E-state index contributed by atoms with van der Waals surface area (Å²) < 4.78 is 6.31. The number of hydrogen-bond donors (Lipinski definition) is 0. The van der Waals surface area contributed by atoms with Gasteiger partial charge in [0.25, 0.3) is 0 Å². The number of pyridine rings is 1. The summed E-state index contributed by atoms with van der Waals surface area (Å²) >= 11 is 0. The lowest BCUT2D eigenvalue weighted by Gasteiger charge is -2.36. The van der Waals surface area contributed by atoms with Crippen LogP contribution in [0.15, 0.2) is 30.6 Å². The molecule has 0 aliphatic rings. The summed E-state index contributed by atoms with van der Waals surface area (Å²) in [5.74, 6) is 0. The molecule has 0 fully saturated rings. The second-order valence-electron chi connectivity index (χ2n) is 7.21. The van der Waals surface area contributed by atoms with Gasteiger partial charge in [0.1, 0.15) is 0 Å². The molecule has 1 aromatic rings. The first-order valence-electron chi connectivity index (χ1n) is 7.53. The van der Waals surface area contributed by atoms with Gasteiger partial charge in [0.15, 0.2) is 8.32 Å². The summed E-state index contributed by atoms with van der Waals surface area (Å²) in [7, 11) is 2.33. The van der Waals surface area contributed by atoms with Gasteiger partial charge in [-0.1, -0.05) is 32.9 Å². The predicted octanol–water partition coefficient (Wildman–Crippen LogP) is 4.22. The third-order valence-electron chi connectivity index (χ3n) is 4.09. The minimum Gasteiger partial charge on any atom is -0.412 e. The quantitative estimate of drug-likeness (QED) is 0.736. The van der Waals surface area contributed by atoms with Crippen LogP contribution in [-0.2, 0) is 17.5 Å². The molecule has 0 N–H and O–H groups in total. The first kappa shape index (κ1) is 17.9. The fourth-order valence-electron chi connectivity index (χ4n) is 1.64. The Hall–Kier alpha value is -1.13. The lowest BCUT2D eigenvalue weighted by atomic mass is 10.1. The van der Waals surface area contributed by atoms with E-state index in [1.54, 1.807) is 0 Å². The largest absolute Gasteiger partial charge is 0.412 e. The van der Waals surface area contributed by atoms with Gasteiger partial charge in [-0.15, -0.1) is 0 Å². The van der Waals surface area contributed by atoms with Gasteiger partial charge in [-0.3, -0.25) is 4.98 Å². The van der Waals surface area contributed by atoms with Crippen LogP contribution in [0.25, 0.3) is 0 Å². The van der Waals surface area contributed by atoms with E-state index in [9.17, 15) is 0 Å². The van der Waals surface area contributed by atoms with E-state index >= 15 is 0 Å². The molecule has 0 radical (unpaired) electrons. The molecule has 0 spiro atoms. The maximum absolute atomic E-state index is 6.31. The summed E-state index contributed by atoms with van der Waals surface area (Å²) in [5.41, 5.74) is 2.31. The molecular formula is C17H30N2OSi. The fourth-order valence-corrected chi connectivity index (χ4v) is 2.59. The van der Waals surface area contributed by atoms with E-state index in [0.29, 0.717) is 6.61 Å². The maximum Gasteiger partial charge on any atom is 0.192 e. The minimum atomic E-state index is -1.71. The van der Waals surface area contributed by atoms with E-state index in [1.165, 1.54) is 5.56 Å². The van der Waals surface area contributed by atoms with Gasteiger partial charge >= 0.3 is 0 Å². The Balaban J connectivity index is 2.76. The van der Waals surface area contributed by atoms with Crippen LogP contribution >= 0.6 is 0 Å². The number of rotatable bonds is 6. The zero-order valence-corrected chi connectivity index (χ0v) is 15.6. The Labute approximate surface area is 131 Å². The fraction of sp³-hybridized carbons (Fsp3) is 0.588. The van der Waals surface area contributed by atoms with Crippen molar-refractivity contribution in [3.8, 4) is 0 Å². The Morgan fingerprint density at radius 3 is 2.52 bits per heavy atom. The van der Waals surface area contributed by atoms with Gasteiger partial charge in [0.2, 0.25) is 0 Å². The zero-order valence-electron chi connectivity index (χ0n) is 14.6. The average molecular weight is 307 g/mol. The van der Waals surface area contributed by atoms with Crippen molar-refractivity contribution >= 4 is 8.32 Å². The van der Waals surface area contributed by atoms with E-state index in [0.717, 1.165) is 12.1 Å². The minimum absolute atomic E-state index is 0.236. The Morgan fingerprint density at radius 1 is 1.29 bits per heavy atom. The van der Waals surface area contributed by atoms with E-state index in [4.69, 9.17) is 4.43 Å². The Kier molecular flexibility index (Phi) is 6.17. The summed E-state index contributed by atoms with van der Waals surface area (Å²) in [5, 5.41) is 0.236. The van der Waals surface area contributed by atoms with E-state index in [2.05, 4.69) is 57.2 Å². The molecule has 0 aliphatic carbocycles. The average Bonchev–Trinajstić information content (AvgIpc) is 2.36. The molecule has 21 heavy (non-hydrogen) atoms. The summed E-state index contributed by atoms with van der Waals surface area (Å²) in [6, 6.07) is 4.11. The topological polar surface area (TPSA) is 25.4 Å². The third-order valence-corrected chi connectivity index (χ3v) is 8.57. The van der Waals surface area contributed by atoms with E-state index in [-0.39, 0.29) is 5.04 Å². The van der Waals surface area contributed by atoms with Crippen molar-refractivity contribution in [1.82, 2.24) is 9.88 Å². The monoisotopic (exact) mass is 306 g/mol. The molecule has 0 aliphatic heterocycles.